The van der Waals surface area contributed by atoms with Gasteiger partial charge in [-0.3, -0.25) is 29.0 Å². The van der Waals surface area contributed by atoms with Crippen LogP contribution < -0.4 is 0 Å². The number of H-pyrrole nitrogens is 4. The zero-order valence-electron chi connectivity index (χ0n) is 29.4. The first kappa shape index (κ1) is 34.5. The summed E-state index contributed by atoms with van der Waals surface area (Å²) in [5.74, 6) is -5.12. The molecular weight excluding hydrogens is 728 g/mol. The van der Waals surface area contributed by atoms with Gasteiger partial charge in [-0.05, 0) is 83.9 Å². The maximum Gasteiger partial charge on any atom is 0.261 e. The third-order valence-corrected chi connectivity index (χ3v) is 10.7. The second-order valence-electron chi connectivity index (χ2n) is 13.8. The Balaban J connectivity index is 0.000000146. The third kappa shape index (κ3) is 5.24. The van der Waals surface area contributed by atoms with Gasteiger partial charge in [-0.15, -0.1) is 0 Å². The van der Waals surface area contributed by atoms with E-state index in [0.717, 1.165) is 9.80 Å². The molecule has 14 heteroatoms. The number of carbonyl (C=O) groups excluding carboxylic acids is 4. The Labute approximate surface area is 313 Å². The fraction of sp³-hybridized carbons (Fsp3) is 0.0952. The molecule has 278 valence electrons. The molecule has 4 amide bonds. The number of hydrogen-bond donors (Lipinski definition) is 4. The SMILES string of the molecule is CN1C(=O)C(c2c[nH]c3ccc(F)cc23)=C(c2c[nH]c3ccc(F)cc23)C1=O.CN1C(=O)C(c2c[nH]c3ccc(F)cc23)C(c2c[nH]c3ccc(F)cc23)C1=O. The zero-order chi connectivity index (χ0) is 39.2. The van der Waals surface area contributed by atoms with Gasteiger partial charge >= 0.3 is 0 Å². The highest BCUT2D eigenvalue weighted by atomic mass is 19.1. The van der Waals surface area contributed by atoms with Gasteiger partial charge in [0.15, 0.2) is 0 Å². The molecule has 10 nitrogen and oxygen atoms in total. The van der Waals surface area contributed by atoms with Crippen LogP contribution in [0.2, 0.25) is 0 Å². The topological polar surface area (TPSA) is 138 Å². The predicted molar refractivity (Wildman–Crippen MR) is 201 cm³/mol. The molecule has 2 aliphatic heterocycles. The number of rotatable bonds is 4. The largest absolute Gasteiger partial charge is 0.361 e. The van der Waals surface area contributed by atoms with Crippen molar-refractivity contribution < 1.29 is 36.7 Å². The maximum absolute atomic E-state index is 13.8. The second-order valence-corrected chi connectivity index (χ2v) is 13.8. The monoisotopic (exact) mass is 756 g/mol. The van der Waals surface area contributed by atoms with E-state index in [1.165, 1.54) is 62.6 Å². The molecule has 1 fully saturated rings. The standard InChI is InChI=1S/C21H15F2N3O2.C21H13F2N3O2/c2*1-26-20(27)18(14-8-24-16-4-2-10(22)6-12(14)16)19(21(26)28)15-9-25-17-5-3-11(23)7-13(15)17/h2-9,18-19,24-25H,1H3;2-9,24-25H,1H3. The van der Waals surface area contributed by atoms with E-state index in [9.17, 15) is 36.7 Å². The molecule has 4 N–H and O–H groups in total. The Kier molecular flexibility index (Phi) is 7.83. The Morgan fingerprint density at radius 2 is 0.768 bits per heavy atom. The van der Waals surface area contributed by atoms with E-state index in [-0.39, 0.29) is 23.0 Å². The Morgan fingerprint density at radius 1 is 0.446 bits per heavy atom. The lowest BCUT2D eigenvalue weighted by atomic mass is 9.83. The molecule has 4 aromatic carbocycles. The van der Waals surface area contributed by atoms with Gasteiger partial charge < -0.3 is 19.9 Å². The number of nitrogens with one attached hydrogen (secondary N) is 4. The molecule has 6 heterocycles. The van der Waals surface area contributed by atoms with Crippen LogP contribution in [0.4, 0.5) is 17.6 Å². The van der Waals surface area contributed by atoms with Crippen LogP contribution in [0, 0.1) is 23.3 Å². The smallest absolute Gasteiger partial charge is 0.261 e. The number of likely N-dealkylation sites (N-methyl/N-ethyl adjacent to an activating group) is 2. The number of benzene rings is 4. The summed E-state index contributed by atoms with van der Waals surface area (Å²) in [7, 11) is 2.82. The van der Waals surface area contributed by atoms with Crippen LogP contribution in [0.5, 0.6) is 0 Å². The molecule has 2 aliphatic rings. The predicted octanol–water partition coefficient (Wildman–Crippen LogP) is 7.63. The second kappa shape index (κ2) is 12.7. The van der Waals surface area contributed by atoms with Crippen molar-refractivity contribution in [2.45, 2.75) is 11.8 Å². The molecule has 10 rings (SSSR count). The van der Waals surface area contributed by atoms with Crippen molar-refractivity contribution in [1.82, 2.24) is 29.7 Å². The lowest BCUT2D eigenvalue weighted by Crippen LogP contribution is -2.26. The van der Waals surface area contributed by atoms with Gasteiger partial charge in [-0.25, -0.2) is 17.6 Å². The number of hydrogen-bond acceptors (Lipinski definition) is 4. The summed E-state index contributed by atoms with van der Waals surface area (Å²) < 4.78 is 55.3. The number of nitrogens with zero attached hydrogens (tertiary/aromatic N) is 2. The first-order valence-corrected chi connectivity index (χ1v) is 17.4. The van der Waals surface area contributed by atoms with Crippen LogP contribution in [0.3, 0.4) is 0 Å². The van der Waals surface area contributed by atoms with Gasteiger partial charge in [-0.2, -0.15) is 0 Å². The van der Waals surface area contributed by atoms with Crippen molar-refractivity contribution in [1.29, 1.82) is 0 Å². The highest BCUT2D eigenvalue weighted by Gasteiger charge is 2.49. The minimum absolute atomic E-state index is 0.162. The summed E-state index contributed by atoms with van der Waals surface area (Å²) in [6, 6.07) is 16.9. The Morgan fingerprint density at radius 3 is 1.14 bits per heavy atom. The molecule has 2 atom stereocenters. The molecule has 0 bridgehead atoms. The number of aromatic nitrogens is 4. The summed E-state index contributed by atoms with van der Waals surface area (Å²) >= 11 is 0. The Bertz CT molecular complexity index is 2830. The van der Waals surface area contributed by atoms with Crippen LogP contribution >= 0.6 is 0 Å². The normalized spacial score (nSPS) is 17.5. The molecule has 2 unspecified atom stereocenters. The van der Waals surface area contributed by atoms with Crippen LogP contribution in [0.15, 0.2) is 97.6 Å². The lowest BCUT2D eigenvalue weighted by molar-refractivity contribution is -0.138. The van der Waals surface area contributed by atoms with Crippen molar-refractivity contribution in [3.63, 3.8) is 0 Å². The fourth-order valence-electron chi connectivity index (χ4n) is 7.92. The van der Waals surface area contributed by atoms with E-state index < -0.39 is 46.9 Å². The van der Waals surface area contributed by atoms with Crippen LogP contribution in [0.1, 0.15) is 34.1 Å². The number of imide groups is 2. The maximum atomic E-state index is 13.8. The number of amides is 4. The van der Waals surface area contributed by atoms with Crippen LogP contribution in [-0.2, 0) is 19.2 Å². The number of fused-ring (bicyclic) bond motifs is 4. The minimum atomic E-state index is -0.824. The van der Waals surface area contributed by atoms with Crippen molar-refractivity contribution in [2.75, 3.05) is 14.1 Å². The number of carbonyl (C=O) groups is 4. The minimum Gasteiger partial charge on any atom is -0.361 e. The van der Waals surface area contributed by atoms with E-state index in [4.69, 9.17) is 0 Å². The van der Waals surface area contributed by atoms with Crippen molar-refractivity contribution in [2.24, 2.45) is 0 Å². The molecule has 4 aromatic heterocycles. The summed E-state index contributed by atoms with van der Waals surface area (Å²) in [4.78, 5) is 65.9. The third-order valence-electron chi connectivity index (χ3n) is 10.7. The van der Waals surface area contributed by atoms with Gasteiger partial charge in [0.25, 0.3) is 11.8 Å². The van der Waals surface area contributed by atoms with Gasteiger partial charge in [0, 0.05) is 93.6 Å². The van der Waals surface area contributed by atoms with Crippen LogP contribution in [-0.4, -0.2) is 67.5 Å². The molecule has 0 saturated carbocycles. The molecule has 0 radical (unpaired) electrons. The van der Waals surface area contributed by atoms with Gasteiger partial charge in [-0.1, -0.05) is 0 Å². The molecular formula is C42H28F4N6O4. The van der Waals surface area contributed by atoms with Crippen molar-refractivity contribution >= 4 is 78.4 Å². The van der Waals surface area contributed by atoms with Gasteiger partial charge in [0.2, 0.25) is 11.8 Å². The van der Waals surface area contributed by atoms with Crippen molar-refractivity contribution in [3.05, 3.63) is 143 Å². The lowest BCUT2D eigenvalue weighted by Gasteiger charge is -2.14. The number of halogens is 4. The molecule has 56 heavy (non-hydrogen) atoms. The molecule has 0 spiro atoms. The summed E-state index contributed by atoms with van der Waals surface area (Å²) in [5, 5.41) is 2.10. The average Bonchev–Trinajstić information content (AvgIpc) is 4.03. The number of likely N-dealkylation sites (tertiary alicyclic amines) is 1. The van der Waals surface area contributed by atoms with E-state index in [2.05, 4.69) is 19.9 Å². The molecule has 8 aromatic rings. The van der Waals surface area contributed by atoms with Gasteiger partial charge in [0.1, 0.15) is 23.3 Å². The summed E-state index contributed by atoms with van der Waals surface area (Å²) in [5.41, 5.74) is 4.91. The molecule has 1 saturated heterocycles. The first-order chi connectivity index (χ1) is 26.9. The summed E-state index contributed by atoms with van der Waals surface area (Å²) in [6.07, 6.45) is 6.45. The van der Waals surface area contributed by atoms with E-state index in [0.29, 0.717) is 65.9 Å². The average molecular weight is 757 g/mol. The van der Waals surface area contributed by atoms with E-state index in [1.54, 1.807) is 49.1 Å². The molecule has 0 aliphatic carbocycles. The van der Waals surface area contributed by atoms with Crippen molar-refractivity contribution in [3.8, 4) is 0 Å². The zero-order valence-corrected chi connectivity index (χ0v) is 29.4. The van der Waals surface area contributed by atoms with Crippen LogP contribution in [0.25, 0.3) is 54.8 Å². The summed E-state index contributed by atoms with van der Waals surface area (Å²) in [6.45, 7) is 0. The van der Waals surface area contributed by atoms with E-state index >= 15 is 0 Å². The Hall–Kier alpha value is -7.22. The highest BCUT2D eigenvalue weighted by molar-refractivity contribution is 6.50. The highest BCUT2D eigenvalue weighted by Crippen LogP contribution is 2.46. The fourth-order valence-corrected chi connectivity index (χ4v) is 7.92. The van der Waals surface area contributed by atoms with Gasteiger partial charge in [0.05, 0.1) is 23.0 Å². The number of aromatic amines is 4. The van der Waals surface area contributed by atoms with E-state index in [1.807, 2.05) is 0 Å². The quantitative estimate of drug-likeness (QED) is 0.108. The first-order valence-electron chi connectivity index (χ1n) is 17.4.